The zero-order valence-electron chi connectivity index (χ0n) is 8.52. The van der Waals surface area contributed by atoms with E-state index in [0.717, 1.165) is 0 Å². The number of sulfone groups is 1. The van der Waals surface area contributed by atoms with E-state index >= 15 is 0 Å². The molecule has 5 nitrogen and oxygen atoms in total. The van der Waals surface area contributed by atoms with E-state index in [1.165, 1.54) is 6.92 Å². The van der Waals surface area contributed by atoms with E-state index in [-0.39, 0.29) is 24.4 Å². The second-order valence-corrected chi connectivity index (χ2v) is 6.34. The number of ketones is 1. The number of carbonyl (C=O) groups excluding carboxylic acids is 1. The number of rotatable bonds is 3. The van der Waals surface area contributed by atoms with Gasteiger partial charge >= 0.3 is 5.97 Å². The second-order valence-electron chi connectivity index (χ2n) is 4.16. The van der Waals surface area contributed by atoms with Crippen molar-refractivity contribution in [3.63, 3.8) is 0 Å². The molecule has 86 valence electrons. The SMILES string of the molecule is CC(=O)CC1(C(=O)O)CCCS(=O)(=O)C1. The molecule has 1 aliphatic rings. The smallest absolute Gasteiger partial charge is 0.311 e. The van der Waals surface area contributed by atoms with Crippen LogP contribution in [0, 0.1) is 5.41 Å². The lowest BCUT2D eigenvalue weighted by Gasteiger charge is -2.31. The molecule has 1 N–H and O–H groups in total. The molecule has 15 heavy (non-hydrogen) atoms. The Morgan fingerprint density at radius 2 is 2.00 bits per heavy atom. The fraction of sp³-hybridized carbons (Fsp3) is 0.778. The molecule has 6 heteroatoms. The zero-order valence-corrected chi connectivity index (χ0v) is 9.34. The van der Waals surface area contributed by atoms with Gasteiger partial charge in [-0.3, -0.25) is 9.59 Å². The Balaban J connectivity index is 3.01. The van der Waals surface area contributed by atoms with Crippen LogP contribution in [0.4, 0.5) is 0 Å². The quantitative estimate of drug-likeness (QED) is 0.756. The third-order valence-corrected chi connectivity index (χ3v) is 4.55. The van der Waals surface area contributed by atoms with Gasteiger partial charge in [0.05, 0.1) is 16.9 Å². The van der Waals surface area contributed by atoms with Crippen molar-refractivity contribution in [3.8, 4) is 0 Å². The Bertz CT molecular complexity index is 383. The van der Waals surface area contributed by atoms with Crippen LogP contribution < -0.4 is 0 Å². The molecule has 0 radical (unpaired) electrons. The van der Waals surface area contributed by atoms with Crippen LogP contribution in [0.3, 0.4) is 0 Å². The third-order valence-electron chi connectivity index (χ3n) is 2.65. The summed E-state index contributed by atoms with van der Waals surface area (Å²) in [5.41, 5.74) is -1.39. The number of hydrogen-bond acceptors (Lipinski definition) is 4. The van der Waals surface area contributed by atoms with Gasteiger partial charge in [-0.25, -0.2) is 8.42 Å². The molecule has 0 aliphatic carbocycles. The van der Waals surface area contributed by atoms with Crippen molar-refractivity contribution in [1.29, 1.82) is 0 Å². The number of carbonyl (C=O) groups is 2. The summed E-state index contributed by atoms with van der Waals surface area (Å²) >= 11 is 0. The molecule has 1 saturated heterocycles. The minimum atomic E-state index is -3.31. The molecule has 0 aromatic heterocycles. The predicted molar refractivity (Wildman–Crippen MR) is 53.3 cm³/mol. The molecule has 1 heterocycles. The maximum atomic E-state index is 11.4. The van der Waals surface area contributed by atoms with Crippen LogP contribution in [0.5, 0.6) is 0 Å². The van der Waals surface area contributed by atoms with E-state index in [1.54, 1.807) is 0 Å². The van der Waals surface area contributed by atoms with Crippen molar-refractivity contribution in [1.82, 2.24) is 0 Å². The van der Waals surface area contributed by atoms with Crippen LogP contribution in [-0.2, 0) is 19.4 Å². The second kappa shape index (κ2) is 3.92. The van der Waals surface area contributed by atoms with E-state index in [2.05, 4.69) is 0 Å². The first-order chi connectivity index (χ1) is 6.77. The summed E-state index contributed by atoms with van der Waals surface area (Å²) in [5.74, 6) is -1.84. The first-order valence-corrected chi connectivity index (χ1v) is 6.53. The molecule has 0 spiro atoms. The van der Waals surface area contributed by atoms with Gasteiger partial charge in [-0.05, 0) is 19.8 Å². The van der Waals surface area contributed by atoms with E-state index in [1.807, 2.05) is 0 Å². The Morgan fingerprint density at radius 1 is 1.40 bits per heavy atom. The highest BCUT2D eigenvalue weighted by Gasteiger charge is 2.45. The summed E-state index contributed by atoms with van der Waals surface area (Å²) in [6.45, 7) is 1.28. The van der Waals surface area contributed by atoms with E-state index in [0.29, 0.717) is 6.42 Å². The van der Waals surface area contributed by atoms with Crippen molar-refractivity contribution in [2.75, 3.05) is 11.5 Å². The first kappa shape index (κ1) is 12.2. The van der Waals surface area contributed by atoms with Gasteiger partial charge in [0.1, 0.15) is 5.78 Å². The fourth-order valence-electron chi connectivity index (χ4n) is 2.06. The number of Topliss-reactive ketones (excluding diaryl/α,β-unsaturated/α-hetero) is 1. The highest BCUT2D eigenvalue weighted by molar-refractivity contribution is 7.91. The number of aliphatic carboxylic acids is 1. The fourth-order valence-corrected chi connectivity index (χ4v) is 4.00. The standard InChI is InChI=1S/C9H14O5S/c1-7(10)5-9(8(11)12)3-2-4-15(13,14)6-9/h2-6H2,1H3,(H,11,12). The van der Waals surface area contributed by atoms with Gasteiger partial charge in [0.25, 0.3) is 0 Å². The van der Waals surface area contributed by atoms with Crippen molar-refractivity contribution >= 4 is 21.6 Å². The summed E-state index contributed by atoms with van der Waals surface area (Å²) in [6, 6.07) is 0. The van der Waals surface area contributed by atoms with Gasteiger partial charge in [-0.15, -0.1) is 0 Å². The van der Waals surface area contributed by atoms with Crippen molar-refractivity contribution in [2.45, 2.75) is 26.2 Å². The minimum absolute atomic E-state index is 0.0277. The molecule has 0 saturated carbocycles. The monoisotopic (exact) mass is 234 g/mol. The summed E-state index contributed by atoms with van der Waals surface area (Å²) in [4.78, 5) is 22.1. The van der Waals surface area contributed by atoms with Crippen LogP contribution in [-0.4, -0.2) is 36.8 Å². The highest BCUT2D eigenvalue weighted by atomic mass is 32.2. The molecular formula is C9H14O5S. The molecule has 1 unspecified atom stereocenters. The van der Waals surface area contributed by atoms with Crippen LogP contribution in [0.2, 0.25) is 0 Å². The van der Waals surface area contributed by atoms with E-state index < -0.39 is 27.0 Å². The number of carboxylic acid groups (broad SMARTS) is 1. The van der Waals surface area contributed by atoms with E-state index in [9.17, 15) is 18.0 Å². The molecule has 0 aromatic rings. The first-order valence-electron chi connectivity index (χ1n) is 4.71. The minimum Gasteiger partial charge on any atom is -0.481 e. The van der Waals surface area contributed by atoms with Crippen LogP contribution in [0.25, 0.3) is 0 Å². The van der Waals surface area contributed by atoms with E-state index in [4.69, 9.17) is 5.11 Å². The van der Waals surface area contributed by atoms with Crippen LogP contribution in [0.15, 0.2) is 0 Å². The van der Waals surface area contributed by atoms with Gasteiger partial charge in [0, 0.05) is 6.42 Å². The average Bonchev–Trinajstić information content (AvgIpc) is 1.99. The Hall–Kier alpha value is -0.910. The third kappa shape index (κ3) is 2.77. The summed E-state index contributed by atoms with van der Waals surface area (Å²) in [7, 11) is -3.31. The van der Waals surface area contributed by atoms with Crippen molar-refractivity contribution in [3.05, 3.63) is 0 Å². The normalized spacial score (nSPS) is 29.7. The van der Waals surface area contributed by atoms with Gasteiger partial charge in [-0.1, -0.05) is 0 Å². The van der Waals surface area contributed by atoms with Crippen molar-refractivity contribution in [2.24, 2.45) is 5.41 Å². The molecule has 1 rings (SSSR count). The molecule has 0 amide bonds. The van der Waals surface area contributed by atoms with Gasteiger partial charge in [-0.2, -0.15) is 0 Å². The van der Waals surface area contributed by atoms with Gasteiger partial charge in [0.15, 0.2) is 9.84 Å². The van der Waals surface area contributed by atoms with Crippen LogP contribution >= 0.6 is 0 Å². The molecule has 1 atom stereocenters. The number of hydrogen-bond donors (Lipinski definition) is 1. The molecular weight excluding hydrogens is 220 g/mol. The lowest BCUT2D eigenvalue weighted by molar-refractivity contribution is -0.150. The van der Waals surface area contributed by atoms with Crippen molar-refractivity contribution < 1.29 is 23.1 Å². The Morgan fingerprint density at radius 3 is 2.40 bits per heavy atom. The average molecular weight is 234 g/mol. The van der Waals surface area contributed by atoms with Gasteiger partial charge in [0.2, 0.25) is 0 Å². The lowest BCUT2D eigenvalue weighted by Crippen LogP contribution is -2.43. The molecule has 1 fully saturated rings. The maximum absolute atomic E-state index is 11.4. The summed E-state index contributed by atoms with van der Waals surface area (Å²) in [6.07, 6.45) is 0.393. The highest BCUT2D eigenvalue weighted by Crippen LogP contribution is 2.35. The molecule has 1 aliphatic heterocycles. The summed E-state index contributed by atoms with van der Waals surface area (Å²) < 4.78 is 22.8. The van der Waals surface area contributed by atoms with Gasteiger partial charge < -0.3 is 5.11 Å². The number of carboxylic acids is 1. The predicted octanol–water partition coefficient (Wildman–Crippen LogP) is 0.245. The molecule has 0 bridgehead atoms. The largest absolute Gasteiger partial charge is 0.481 e. The maximum Gasteiger partial charge on any atom is 0.311 e. The molecule has 0 aromatic carbocycles. The van der Waals surface area contributed by atoms with Crippen LogP contribution in [0.1, 0.15) is 26.2 Å². The topological polar surface area (TPSA) is 88.5 Å². The Labute approximate surface area is 88.4 Å². The Kier molecular flexibility index (Phi) is 3.18. The summed E-state index contributed by atoms with van der Waals surface area (Å²) in [5, 5.41) is 9.05. The lowest BCUT2D eigenvalue weighted by atomic mass is 9.80. The zero-order chi connectivity index (χ0) is 11.7.